The van der Waals surface area contributed by atoms with E-state index in [1.807, 2.05) is 12.1 Å². The maximum absolute atomic E-state index is 6.27. The van der Waals surface area contributed by atoms with Gasteiger partial charge in [0.25, 0.3) is 0 Å². The lowest BCUT2D eigenvalue weighted by atomic mass is 9.95. The van der Waals surface area contributed by atoms with E-state index in [1.165, 1.54) is 32.4 Å². The van der Waals surface area contributed by atoms with E-state index < -0.39 is 0 Å². The first-order chi connectivity index (χ1) is 9.22. The molecule has 0 radical (unpaired) electrons. The molecule has 1 aromatic heterocycles. The number of hydrogen-bond acceptors (Lipinski definition) is 3. The van der Waals surface area contributed by atoms with Crippen LogP contribution in [0.15, 0.2) is 12.1 Å². The Balaban J connectivity index is 2.03. The average Bonchev–Trinajstić information content (AvgIpc) is 2.43. The summed E-state index contributed by atoms with van der Waals surface area (Å²) in [7, 11) is 0. The van der Waals surface area contributed by atoms with Gasteiger partial charge in [-0.2, -0.15) is 0 Å². The third-order valence-corrected chi connectivity index (χ3v) is 4.17. The van der Waals surface area contributed by atoms with E-state index >= 15 is 0 Å². The lowest BCUT2D eigenvalue weighted by Crippen LogP contribution is -2.35. The summed E-state index contributed by atoms with van der Waals surface area (Å²) >= 11 is 6.27. The van der Waals surface area contributed by atoms with Gasteiger partial charge in [0.2, 0.25) is 0 Å². The Morgan fingerprint density at radius 3 is 3.00 bits per heavy atom. The van der Waals surface area contributed by atoms with Crippen molar-refractivity contribution in [1.29, 1.82) is 0 Å². The summed E-state index contributed by atoms with van der Waals surface area (Å²) in [6.07, 6.45) is 3.93. The maximum Gasteiger partial charge on any atom is 0.126 e. The number of hydrogen-bond donors (Lipinski definition) is 1. The number of aromatic nitrogens is 1. The highest BCUT2D eigenvalue weighted by atomic mass is 35.5. The van der Waals surface area contributed by atoms with Gasteiger partial charge < -0.3 is 5.32 Å². The van der Waals surface area contributed by atoms with Crippen LogP contribution in [0.1, 0.15) is 38.8 Å². The van der Waals surface area contributed by atoms with Crippen molar-refractivity contribution in [2.45, 2.75) is 39.7 Å². The largest absolute Gasteiger partial charge is 0.370 e. The Morgan fingerprint density at radius 1 is 1.42 bits per heavy atom. The van der Waals surface area contributed by atoms with Gasteiger partial charge in [0, 0.05) is 19.6 Å². The van der Waals surface area contributed by atoms with Crippen molar-refractivity contribution in [3.05, 3.63) is 22.8 Å². The summed E-state index contributed by atoms with van der Waals surface area (Å²) in [5.41, 5.74) is 0.997. The normalized spacial score (nSPS) is 20.5. The number of halogens is 1. The first-order valence-corrected chi connectivity index (χ1v) is 7.72. The van der Waals surface area contributed by atoms with Crippen LogP contribution in [0.4, 0.5) is 5.82 Å². The number of rotatable bonds is 5. The molecule has 0 aromatic carbocycles. The first-order valence-electron chi connectivity index (χ1n) is 7.34. The zero-order valence-corrected chi connectivity index (χ0v) is 12.7. The van der Waals surface area contributed by atoms with Crippen LogP contribution in [0, 0.1) is 5.92 Å². The maximum atomic E-state index is 6.27. The Kier molecular flexibility index (Phi) is 5.46. The van der Waals surface area contributed by atoms with Gasteiger partial charge >= 0.3 is 0 Å². The third kappa shape index (κ3) is 4.08. The van der Waals surface area contributed by atoms with Gasteiger partial charge in [-0.3, -0.25) is 4.90 Å². The van der Waals surface area contributed by atoms with E-state index in [0.717, 1.165) is 35.5 Å². The van der Waals surface area contributed by atoms with Gasteiger partial charge in [-0.15, -0.1) is 0 Å². The summed E-state index contributed by atoms with van der Waals surface area (Å²) in [5.74, 6) is 1.76. The van der Waals surface area contributed by atoms with Gasteiger partial charge in [0.1, 0.15) is 5.82 Å². The van der Waals surface area contributed by atoms with Crippen molar-refractivity contribution in [3.63, 3.8) is 0 Å². The van der Waals surface area contributed by atoms with Crippen molar-refractivity contribution >= 4 is 17.4 Å². The van der Waals surface area contributed by atoms with Gasteiger partial charge in [-0.25, -0.2) is 4.98 Å². The smallest absolute Gasteiger partial charge is 0.126 e. The third-order valence-electron chi connectivity index (χ3n) is 3.83. The second-order valence-corrected chi connectivity index (χ2v) is 5.71. The lowest BCUT2D eigenvalue weighted by Gasteiger charge is -2.32. The molecule has 4 heteroatoms. The molecule has 1 aliphatic heterocycles. The predicted octanol–water partition coefficient (Wildman–Crippen LogP) is 3.79. The number of nitrogens with one attached hydrogen (secondary N) is 1. The molecule has 1 N–H and O–H groups in total. The zero-order valence-electron chi connectivity index (χ0n) is 12.0. The van der Waals surface area contributed by atoms with Gasteiger partial charge in [-0.05, 0) is 44.4 Å². The van der Waals surface area contributed by atoms with E-state index in [2.05, 4.69) is 29.0 Å². The van der Waals surface area contributed by atoms with Crippen LogP contribution < -0.4 is 5.32 Å². The molecule has 1 saturated heterocycles. The van der Waals surface area contributed by atoms with Crippen molar-refractivity contribution in [2.75, 3.05) is 25.0 Å². The molecule has 1 unspecified atom stereocenters. The molecule has 0 amide bonds. The molecular weight excluding hydrogens is 258 g/mol. The average molecular weight is 282 g/mol. The number of piperidine rings is 1. The number of pyridine rings is 1. The van der Waals surface area contributed by atoms with Crippen LogP contribution in [0.3, 0.4) is 0 Å². The number of likely N-dealkylation sites (tertiary alicyclic amines) is 1. The molecule has 1 atom stereocenters. The molecule has 1 fully saturated rings. The van der Waals surface area contributed by atoms with Crippen molar-refractivity contribution in [2.24, 2.45) is 5.92 Å². The second kappa shape index (κ2) is 7.11. The Bertz CT molecular complexity index is 408. The Labute approximate surface area is 121 Å². The summed E-state index contributed by atoms with van der Waals surface area (Å²) in [4.78, 5) is 7.11. The van der Waals surface area contributed by atoms with Crippen molar-refractivity contribution < 1.29 is 0 Å². The minimum Gasteiger partial charge on any atom is -0.370 e. The first kappa shape index (κ1) is 14.6. The molecule has 3 nitrogen and oxygen atoms in total. The van der Waals surface area contributed by atoms with E-state index in [4.69, 9.17) is 11.6 Å². The fraction of sp³-hybridized carbons (Fsp3) is 0.667. The summed E-state index contributed by atoms with van der Waals surface area (Å²) < 4.78 is 0. The van der Waals surface area contributed by atoms with Crippen LogP contribution in [0.5, 0.6) is 0 Å². The Morgan fingerprint density at radius 2 is 2.26 bits per heavy atom. The van der Waals surface area contributed by atoms with Crippen molar-refractivity contribution in [3.8, 4) is 0 Å². The van der Waals surface area contributed by atoms with Crippen LogP contribution >= 0.6 is 11.6 Å². The SMILES string of the molecule is CCNc1ccc(Cl)c(CN2CCCC(CC)C2)n1. The number of nitrogens with zero attached hydrogens (tertiary/aromatic N) is 2. The lowest BCUT2D eigenvalue weighted by molar-refractivity contribution is 0.163. The van der Waals surface area contributed by atoms with Crippen LogP contribution in [0.2, 0.25) is 5.02 Å². The van der Waals surface area contributed by atoms with Crippen LogP contribution in [-0.4, -0.2) is 29.5 Å². The molecule has 2 rings (SSSR count). The van der Waals surface area contributed by atoms with E-state index in [1.54, 1.807) is 0 Å². The van der Waals surface area contributed by atoms with Gasteiger partial charge in [0.05, 0.1) is 10.7 Å². The fourth-order valence-corrected chi connectivity index (χ4v) is 2.88. The second-order valence-electron chi connectivity index (χ2n) is 5.31. The van der Waals surface area contributed by atoms with E-state index in [9.17, 15) is 0 Å². The van der Waals surface area contributed by atoms with E-state index in [0.29, 0.717) is 0 Å². The fourth-order valence-electron chi connectivity index (χ4n) is 2.71. The number of anilines is 1. The molecule has 1 aliphatic rings. The molecule has 19 heavy (non-hydrogen) atoms. The zero-order chi connectivity index (χ0) is 13.7. The Hall–Kier alpha value is -0.800. The minimum absolute atomic E-state index is 0.778. The predicted molar refractivity (Wildman–Crippen MR) is 81.7 cm³/mol. The molecule has 0 aliphatic carbocycles. The van der Waals surface area contributed by atoms with Crippen molar-refractivity contribution in [1.82, 2.24) is 9.88 Å². The summed E-state index contributed by atoms with van der Waals surface area (Å²) in [6, 6.07) is 3.89. The summed E-state index contributed by atoms with van der Waals surface area (Å²) in [6.45, 7) is 8.46. The molecule has 0 saturated carbocycles. The molecule has 106 valence electrons. The van der Waals surface area contributed by atoms with Crippen LogP contribution in [-0.2, 0) is 6.54 Å². The quantitative estimate of drug-likeness (QED) is 0.890. The highest BCUT2D eigenvalue weighted by Crippen LogP contribution is 2.23. The van der Waals surface area contributed by atoms with Gasteiger partial charge in [-0.1, -0.05) is 24.9 Å². The monoisotopic (exact) mass is 281 g/mol. The highest BCUT2D eigenvalue weighted by molar-refractivity contribution is 6.31. The molecule has 0 spiro atoms. The van der Waals surface area contributed by atoms with Crippen LogP contribution in [0.25, 0.3) is 0 Å². The summed E-state index contributed by atoms with van der Waals surface area (Å²) in [5, 5.41) is 4.02. The molecule has 1 aromatic rings. The molecule has 2 heterocycles. The minimum atomic E-state index is 0.778. The topological polar surface area (TPSA) is 28.2 Å². The standard InChI is InChI=1S/C15H24ClN3/c1-3-12-6-5-9-19(10-12)11-14-13(16)7-8-15(18-14)17-4-2/h7-8,12H,3-6,9-11H2,1-2H3,(H,17,18). The molecular formula is C15H24ClN3. The van der Waals surface area contributed by atoms with Gasteiger partial charge in [0.15, 0.2) is 0 Å². The highest BCUT2D eigenvalue weighted by Gasteiger charge is 2.19. The van der Waals surface area contributed by atoms with E-state index in [-0.39, 0.29) is 0 Å². The molecule has 0 bridgehead atoms.